The molecule has 0 atom stereocenters. The Morgan fingerprint density at radius 2 is 1.03 bits per heavy atom. The largest absolute Gasteiger partial charge is 0.487 e. The Morgan fingerprint density at radius 3 is 1.43 bits per heavy atom. The highest BCUT2D eigenvalue weighted by molar-refractivity contribution is 9.10. The average molecular weight is 1120 g/mol. The van der Waals surface area contributed by atoms with E-state index in [4.69, 9.17) is 23.9 Å². The number of nitrogens with one attached hydrogen (secondary N) is 1. The fourth-order valence-electron chi connectivity index (χ4n) is 9.16. The summed E-state index contributed by atoms with van der Waals surface area (Å²) >= 11 is 3.34. The number of hydrogen-bond acceptors (Lipinski definition) is 10. The number of alkyl halides is 6. The van der Waals surface area contributed by atoms with Crippen LogP contribution in [0.1, 0.15) is 136 Å². The minimum Gasteiger partial charge on any atom is -0.487 e. The van der Waals surface area contributed by atoms with Crippen LogP contribution in [0.15, 0.2) is 89.7 Å². The maximum atomic E-state index is 14.6. The number of rotatable bonds is 12. The molecule has 0 aliphatic heterocycles. The molecule has 1 N–H and O–H groups in total. The Kier molecular flexibility index (Phi) is 17.8. The maximum absolute atomic E-state index is 14.6. The van der Waals surface area contributed by atoms with Crippen LogP contribution in [0.2, 0.25) is 0 Å². The lowest BCUT2D eigenvalue weighted by molar-refractivity contribution is -0.172. The van der Waals surface area contributed by atoms with Crippen LogP contribution in [0, 0.1) is 22.5 Å². The van der Waals surface area contributed by atoms with Gasteiger partial charge in [-0.3, -0.25) is 9.59 Å². The topological polar surface area (TPSA) is 127 Å². The summed E-state index contributed by atoms with van der Waals surface area (Å²) in [7, 11) is 0. The summed E-state index contributed by atoms with van der Waals surface area (Å²) in [5, 5.41) is 7.71. The lowest BCUT2D eigenvalue weighted by Gasteiger charge is -2.39. The Labute approximate surface area is 440 Å². The van der Waals surface area contributed by atoms with E-state index in [1.165, 1.54) is 12.1 Å². The number of benzene rings is 2. The molecule has 7 rings (SSSR count). The number of aromatic nitrogens is 4. The third kappa shape index (κ3) is 15.7. The smallest absolute Gasteiger partial charge is 0.419 e. The standard InChI is InChI=1S/C31H38F4N4O3.C24H26BrF4NO3/c1-28(2,3)39-25(15-18-36-39)38-24-12-7-9-20(37-24)19-30(27(40)42-29(4,5)6)16-13-21(14-17-30)41-23-11-8-10-22(26(23)32)31(33,34)35;1-22(2,3)33-21(31)23(14-15-6-4-9-19(25)30-15)12-10-16(11-13-23)32-18-8-5-7-17(20(18)26)24(27,28)29/h7-12,15,18,21H,13-14,16-17,19H2,1-6H3,(H,37,38);4-9,16H,10-14H2,1-3H3. The summed E-state index contributed by atoms with van der Waals surface area (Å²) in [5.41, 5.74) is -4.77. The molecule has 2 fully saturated rings. The third-order valence-corrected chi connectivity index (χ3v) is 13.2. The second-order valence-corrected chi connectivity index (χ2v) is 23.0. The van der Waals surface area contributed by atoms with Gasteiger partial charge in [-0.15, -0.1) is 0 Å². The number of hydrogen-bond donors (Lipinski definition) is 1. The van der Waals surface area contributed by atoms with Crippen molar-refractivity contribution in [2.24, 2.45) is 10.8 Å². The molecule has 75 heavy (non-hydrogen) atoms. The van der Waals surface area contributed by atoms with E-state index in [2.05, 4.69) is 31.3 Å². The number of ether oxygens (including phenoxy) is 4. The number of carbonyl (C=O) groups is 2. The zero-order chi connectivity index (χ0) is 55.4. The van der Waals surface area contributed by atoms with E-state index >= 15 is 0 Å². The van der Waals surface area contributed by atoms with Crippen LogP contribution in [0.5, 0.6) is 11.5 Å². The second-order valence-electron chi connectivity index (χ2n) is 22.2. The van der Waals surface area contributed by atoms with Gasteiger partial charge in [-0.05, 0) is 178 Å². The first kappa shape index (κ1) is 58.5. The number of pyridine rings is 2. The Hall–Kier alpha value is -5.79. The molecule has 0 saturated heterocycles. The van der Waals surface area contributed by atoms with Gasteiger partial charge in [-0.1, -0.05) is 24.3 Å². The molecule has 0 unspecified atom stereocenters. The van der Waals surface area contributed by atoms with Crippen LogP contribution in [-0.2, 0) is 49.8 Å². The van der Waals surface area contributed by atoms with Crippen molar-refractivity contribution in [1.29, 1.82) is 0 Å². The second kappa shape index (κ2) is 22.8. The van der Waals surface area contributed by atoms with Crippen LogP contribution >= 0.6 is 15.9 Å². The predicted molar refractivity (Wildman–Crippen MR) is 269 cm³/mol. The zero-order valence-electron chi connectivity index (χ0n) is 43.4. The van der Waals surface area contributed by atoms with Gasteiger partial charge in [-0.25, -0.2) is 23.4 Å². The maximum Gasteiger partial charge on any atom is 0.419 e. The molecule has 0 bridgehead atoms. The first-order chi connectivity index (χ1) is 34.8. The van der Waals surface area contributed by atoms with Gasteiger partial charge >= 0.3 is 24.3 Å². The van der Waals surface area contributed by atoms with E-state index in [0.29, 0.717) is 92.5 Å². The summed E-state index contributed by atoms with van der Waals surface area (Å²) < 4.78 is 133. The Bertz CT molecular complexity index is 2770. The number of anilines is 2. The summed E-state index contributed by atoms with van der Waals surface area (Å²) in [6.07, 6.45) is -5.54. The summed E-state index contributed by atoms with van der Waals surface area (Å²) in [5.74, 6) is -3.10. The quantitative estimate of drug-likeness (QED) is 0.0733. The normalized spacial score (nSPS) is 20.6. The molecule has 0 radical (unpaired) electrons. The van der Waals surface area contributed by atoms with Crippen molar-refractivity contribution >= 4 is 39.5 Å². The SMILES string of the molecule is CC(C)(C)OC(=O)C1(Cc2cccc(Br)n2)CCC(Oc2cccc(C(F)(F)F)c2F)CC1.CC(C)(C)OC(=O)C1(Cc2cccc(Nc3ccnn3C(C)(C)C)n2)CCC(Oc2cccc(C(F)(F)F)c2F)CC1. The van der Waals surface area contributed by atoms with Crippen molar-refractivity contribution in [3.63, 3.8) is 0 Å². The van der Waals surface area contributed by atoms with E-state index in [1.54, 1.807) is 53.8 Å². The first-order valence-corrected chi connectivity index (χ1v) is 25.5. The highest BCUT2D eigenvalue weighted by Gasteiger charge is 2.47. The van der Waals surface area contributed by atoms with Crippen molar-refractivity contribution < 1.29 is 63.7 Å². The van der Waals surface area contributed by atoms with Gasteiger partial charge < -0.3 is 24.3 Å². The summed E-state index contributed by atoms with van der Waals surface area (Å²) in [6.45, 7) is 16.9. The summed E-state index contributed by atoms with van der Waals surface area (Å²) in [4.78, 5) is 36.0. The van der Waals surface area contributed by atoms with Crippen LogP contribution < -0.4 is 14.8 Å². The van der Waals surface area contributed by atoms with E-state index in [-0.39, 0.29) is 17.5 Å². The number of halogens is 9. The van der Waals surface area contributed by atoms with Crippen molar-refractivity contribution in [3.05, 3.63) is 124 Å². The zero-order valence-corrected chi connectivity index (χ0v) is 45.0. The average Bonchev–Trinajstić information content (AvgIpc) is 3.77. The minimum atomic E-state index is -4.83. The highest BCUT2D eigenvalue weighted by Crippen LogP contribution is 2.45. The van der Waals surface area contributed by atoms with Gasteiger partial charge in [0.1, 0.15) is 27.4 Å². The number of carbonyl (C=O) groups excluding carboxylic acids is 2. The van der Waals surface area contributed by atoms with Crippen molar-refractivity contribution in [2.75, 3.05) is 5.32 Å². The van der Waals surface area contributed by atoms with Gasteiger partial charge in [0.25, 0.3) is 0 Å². The molecular weight excluding hydrogens is 1060 g/mol. The van der Waals surface area contributed by atoms with Crippen LogP contribution in [0.4, 0.5) is 46.8 Å². The van der Waals surface area contributed by atoms with Gasteiger partial charge in [0.15, 0.2) is 23.1 Å². The van der Waals surface area contributed by atoms with Gasteiger partial charge in [-0.2, -0.15) is 31.4 Å². The van der Waals surface area contributed by atoms with Crippen LogP contribution in [0.3, 0.4) is 0 Å². The molecule has 0 spiro atoms. The van der Waals surface area contributed by atoms with E-state index in [9.17, 15) is 44.7 Å². The number of esters is 2. The molecule has 0 amide bonds. The third-order valence-electron chi connectivity index (χ3n) is 12.7. The summed E-state index contributed by atoms with van der Waals surface area (Å²) in [6, 6.07) is 18.8. The van der Waals surface area contributed by atoms with Gasteiger partial charge in [0.2, 0.25) is 0 Å². The van der Waals surface area contributed by atoms with Crippen LogP contribution in [-0.4, -0.2) is 55.1 Å². The monoisotopic (exact) mass is 1120 g/mol. The molecule has 2 saturated carbocycles. The molecule has 3 heterocycles. The minimum absolute atomic E-state index is 0.248. The molecule has 2 aliphatic rings. The van der Waals surface area contributed by atoms with E-state index in [0.717, 1.165) is 23.6 Å². The predicted octanol–water partition coefficient (Wildman–Crippen LogP) is 14.7. The van der Waals surface area contributed by atoms with E-state index < -0.39 is 80.9 Å². The molecule has 20 heteroatoms. The number of nitrogens with zero attached hydrogens (tertiary/aromatic N) is 4. The molecular formula is C55H64BrF8N5O6. The lowest BCUT2D eigenvalue weighted by Crippen LogP contribution is -2.44. The van der Waals surface area contributed by atoms with Gasteiger partial charge in [0, 0.05) is 30.3 Å². The Morgan fingerprint density at radius 1 is 0.613 bits per heavy atom. The van der Waals surface area contributed by atoms with Crippen molar-refractivity contribution in [2.45, 2.75) is 168 Å². The lowest BCUT2D eigenvalue weighted by atomic mass is 9.70. The van der Waals surface area contributed by atoms with Crippen molar-refractivity contribution in [1.82, 2.24) is 19.7 Å². The molecule has 408 valence electrons. The molecule has 5 aromatic rings. The van der Waals surface area contributed by atoms with E-state index in [1.807, 2.05) is 61.9 Å². The molecule has 11 nitrogen and oxygen atoms in total. The van der Waals surface area contributed by atoms with Crippen LogP contribution in [0.25, 0.3) is 0 Å². The van der Waals surface area contributed by atoms with Gasteiger partial charge in [0.05, 0.1) is 45.9 Å². The van der Waals surface area contributed by atoms with Crippen molar-refractivity contribution in [3.8, 4) is 11.5 Å². The molecule has 2 aliphatic carbocycles. The molecule has 3 aromatic heterocycles. The fourth-order valence-corrected chi connectivity index (χ4v) is 9.54. The first-order valence-electron chi connectivity index (χ1n) is 24.7. The highest BCUT2D eigenvalue weighted by atomic mass is 79.9. The Balaban J connectivity index is 0.000000251. The fraction of sp³-hybridized carbons (Fsp3) is 0.509. The molecule has 2 aromatic carbocycles.